The Bertz CT molecular complexity index is 355. The molecule has 1 heterocycles. The number of methoxy groups -OCH3 is 1. The zero-order chi connectivity index (χ0) is 11.4. The fourth-order valence-corrected chi connectivity index (χ4v) is 1.69. The second-order valence-electron chi connectivity index (χ2n) is 3.67. The summed E-state index contributed by atoms with van der Waals surface area (Å²) < 4.78 is 10.3. The minimum Gasteiger partial charge on any atom is -0.497 e. The minimum absolute atomic E-state index is 0.0716. The van der Waals surface area contributed by atoms with Gasteiger partial charge < -0.3 is 14.8 Å². The van der Waals surface area contributed by atoms with Crippen LogP contribution in [-0.4, -0.2) is 38.7 Å². The monoisotopic (exact) mass is 221 g/mol. The average Bonchev–Trinajstić information content (AvgIpc) is 2.39. The molecule has 0 amide bonds. The second-order valence-corrected chi connectivity index (χ2v) is 3.67. The van der Waals surface area contributed by atoms with Gasteiger partial charge in [-0.2, -0.15) is 0 Å². The molecule has 4 nitrogen and oxygen atoms in total. The van der Waals surface area contributed by atoms with Gasteiger partial charge in [0, 0.05) is 12.1 Å². The molecule has 1 N–H and O–H groups in total. The van der Waals surface area contributed by atoms with Gasteiger partial charge in [0.15, 0.2) is 5.78 Å². The number of nitrogens with one attached hydrogen (secondary N) is 1. The molecule has 86 valence electrons. The van der Waals surface area contributed by atoms with Crippen LogP contribution in [0, 0.1) is 0 Å². The van der Waals surface area contributed by atoms with E-state index < -0.39 is 0 Å². The van der Waals surface area contributed by atoms with E-state index in [1.807, 2.05) is 0 Å². The van der Waals surface area contributed by atoms with E-state index in [0.717, 1.165) is 12.3 Å². The Labute approximate surface area is 94.6 Å². The van der Waals surface area contributed by atoms with Crippen LogP contribution < -0.4 is 10.1 Å². The zero-order valence-electron chi connectivity index (χ0n) is 9.23. The molecule has 2 rings (SSSR count). The number of carbonyl (C=O) groups is 1. The highest BCUT2D eigenvalue weighted by atomic mass is 16.5. The van der Waals surface area contributed by atoms with Gasteiger partial charge in [-0.1, -0.05) is 0 Å². The topological polar surface area (TPSA) is 47.6 Å². The van der Waals surface area contributed by atoms with Gasteiger partial charge in [-0.25, -0.2) is 0 Å². The number of rotatable bonds is 3. The van der Waals surface area contributed by atoms with Crippen molar-refractivity contribution in [3.63, 3.8) is 0 Å². The van der Waals surface area contributed by atoms with Crippen molar-refractivity contribution in [2.45, 2.75) is 6.04 Å². The molecule has 1 aromatic rings. The van der Waals surface area contributed by atoms with Crippen LogP contribution in [-0.2, 0) is 4.74 Å². The highest BCUT2D eigenvalue weighted by molar-refractivity contribution is 6.00. The first-order chi connectivity index (χ1) is 7.81. The van der Waals surface area contributed by atoms with E-state index in [0.29, 0.717) is 18.8 Å². The smallest absolute Gasteiger partial charge is 0.182 e. The zero-order valence-corrected chi connectivity index (χ0v) is 9.23. The first-order valence-corrected chi connectivity index (χ1v) is 5.30. The Morgan fingerprint density at radius 3 is 2.75 bits per heavy atom. The molecule has 1 saturated heterocycles. The van der Waals surface area contributed by atoms with Crippen LogP contribution in [0.4, 0.5) is 0 Å². The fraction of sp³-hybridized carbons (Fsp3) is 0.417. The van der Waals surface area contributed by atoms with Gasteiger partial charge >= 0.3 is 0 Å². The highest BCUT2D eigenvalue weighted by Crippen LogP contribution is 2.13. The number of ether oxygens (including phenoxy) is 2. The van der Waals surface area contributed by atoms with E-state index >= 15 is 0 Å². The van der Waals surface area contributed by atoms with Crippen LogP contribution in [0.5, 0.6) is 5.75 Å². The molecule has 0 aliphatic carbocycles. The SMILES string of the molecule is COc1ccc(C(=O)C2COCCN2)cc1. The molecule has 0 aromatic heterocycles. The van der Waals surface area contributed by atoms with Crippen molar-refractivity contribution in [2.75, 3.05) is 26.9 Å². The summed E-state index contributed by atoms with van der Waals surface area (Å²) in [5.74, 6) is 0.826. The van der Waals surface area contributed by atoms with Crippen LogP contribution in [0.15, 0.2) is 24.3 Å². The third-order valence-corrected chi connectivity index (χ3v) is 2.61. The molecule has 0 radical (unpaired) electrons. The minimum atomic E-state index is -0.220. The number of hydrogen-bond donors (Lipinski definition) is 1. The molecule has 0 bridgehead atoms. The number of ketones is 1. The summed E-state index contributed by atoms with van der Waals surface area (Å²) in [4.78, 5) is 12.0. The van der Waals surface area contributed by atoms with Crippen molar-refractivity contribution in [2.24, 2.45) is 0 Å². The third kappa shape index (κ3) is 2.40. The molecule has 1 aliphatic rings. The van der Waals surface area contributed by atoms with Gasteiger partial charge in [0.1, 0.15) is 5.75 Å². The summed E-state index contributed by atoms with van der Waals surface area (Å²) >= 11 is 0. The Kier molecular flexibility index (Phi) is 3.54. The summed E-state index contributed by atoms with van der Waals surface area (Å²) in [6, 6.07) is 6.91. The van der Waals surface area contributed by atoms with Gasteiger partial charge in [-0.3, -0.25) is 4.79 Å². The van der Waals surface area contributed by atoms with Gasteiger partial charge in [-0.05, 0) is 24.3 Å². The number of hydrogen-bond acceptors (Lipinski definition) is 4. The van der Waals surface area contributed by atoms with E-state index in [1.54, 1.807) is 31.4 Å². The van der Waals surface area contributed by atoms with Gasteiger partial charge in [-0.15, -0.1) is 0 Å². The van der Waals surface area contributed by atoms with Crippen molar-refractivity contribution in [1.82, 2.24) is 5.32 Å². The molecule has 1 aliphatic heterocycles. The molecule has 1 aromatic carbocycles. The molecular weight excluding hydrogens is 206 g/mol. The van der Waals surface area contributed by atoms with Crippen LogP contribution in [0.25, 0.3) is 0 Å². The lowest BCUT2D eigenvalue weighted by molar-refractivity contribution is 0.0607. The Balaban J connectivity index is 2.07. The highest BCUT2D eigenvalue weighted by Gasteiger charge is 2.22. The van der Waals surface area contributed by atoms with Crippen molar-refractivity contribution in [1.29, 1.82) is 0 Å². The summed E-state index contributed by atoms with van der Waals surface area (Å²) in [6.07, 6.45) is 0. The summed E-state index contributed by atoms with van der Waals surface area (Å²) in [5, 5.41) is 3.14. The van der Waals surface area contributed by atoms with E-state index in [-0.39, 0.29) is 11.8 Å². The van der Waals surface area contributed by atoms with E-state index in [1.165, 1.54) is 0 Å². The lowest BCUT2D eigenvalue weighted by Gasteiger charge is -2.22. The summed E-state index contributed by atoms with van der Waals surface area (Å²) in [6.45, 7) is 1.85. The van der Waals surface area contributed by atoms with Crippen LogP contribution in [0.1, 0.15) is 10.4 Å². The van der Waals surface area contributed by atoms with Gasteiger partial charge in [0.25, 0.3) is 0 Å². The third-order valence-electron chi connectivity index (χ3n) is 2.61. The van der Waals surface area contributed by atoms with Crippen molar-refractivity contribution in [3.05, 3.63) is 29.8 Å². The second kappa shape index (κ2) is 5.09. The van der Waals surface area contributed by atoms with Gasteiger partial charge in [0.2, 0.25) is 0 Å². The normalized spacial score (nSPS) is 20.4. The van der Waals surface area contributed by atoms with E-state index in [2.05, 4.69) is 5.32 Å². The summed E-state index contributed by atoms with van der Waals surface area (Å²) in [5.41, 5.74) is 0.684. The van der Waals surface area contributed by atoms with E-state index in [9.17, 15) is 4.79 Å². The van der Waals surface area contributed by atoms with Crippen molar-refractivity contribution in [3.8, 4) is 5.75 Å². The number of benzene rings is 1. The van der Waals surface area contributed by atoms with Crippen molar-refractivity contribution >= 4 is 5.78 Å². The molecule has 1 atom stereocenters. The molecule has 16 heavy (non-hydrogen) atoms. The molecule has 0 spiro atoms. The maximum atomic E-state index is 12.0. The average molecular weight is 221 g/mol. The predicted molar refractivity (Wildman–Crippen MR) is 59.9 cm³/mol. The maximum Gasteiger partial charge on any atom is 0.182 e. The quantitative estimate of drug-likeness (QED) is 0.769. The molecule has 1 fully saturated rings. The van der Waals surface area contributed by atoms with E-state index in [4.69, 9.17) is 9.47 Å². The number of morpholine rings is 1. The Morgan fingerprint density at radius 2 is 2.19 bits per heavy atom. The maximum absolute atomic E-state index is 12.0. The lowest BCUT2D eigenvalue weighted by atomic mass is 10.0. The molecule has 0 saturated carbocycles. The first kappa shape index (κ1) is 11.1. The molecule has 1 unspecified atom stereocenters. The lowest BCUT2D eigenvalue weighted by Crippen LogP contribution is -2.46. The predicted octanol–water partition coefficient (Wildman–Crippen LogP) is 0.866. The van der Waals surface area contributed by atoms with Crippen LogP contribution in [0.2, 0.25) is 0 Å². The van der Waals surface area contributed by atoms with Gasteiger partial charge in [0.05, 0.1) is 26.4 Å². The summed E-state index contributed by atoms with van der Waals surface area (Å²) in [7, 11) is 1.60. The standard InChI is InChI=1S/C12H15NO3/c1-15-10-4-2-9(3-5-10)12(14)11-8-16-7-6-13-11/h2-5,11,13H,6-8H2,1H3. The number of carbonyl (C=O) groups excluding carboxylic acids is 1. The van der Waals surface area contributed by atoms with Crippen LogP contribution in [0.3, 0.4) is 0 Å². The largest absolute Gasteiger partial charge is 0.497 e. The van der Waals surface area contributed by atoms with Crippen molar-refractivity contribution < 1.29 is 14.3 Å². The first-order valence-electron chi connectivity index (χ1n) is 5.30. The Hall–Kier alpha value is -1.39. The molecular formula is C12H15NO3. The Morgan fingerprint density at radius 1 is 1.44 bits per heavy atom. The number of Topliss-reactive ketones (excluding diaryl/α,β-unsaturated/α-hetero) is 1. The molecule has 4 heteroatoms. The van der Waals surface area contributed by atoms with Crippen LogP contribution >= 0.6 is 0 Å². The fourth-order valence-electron chi connectivity index (χ4n) is 1.69.